The van der Waals surface area contributed by atoms with Crippen LogP contribution in [-0.4, -0.2) is 23.3 Å². The van der Waals surface area contributed by atoms with Gasteiger partial charge in [0.15, 0.2) is 0 Å². The quantitative estimate of drug-likeness (QED) is 0.346. The molecule has 32 heavy (non-hydrogen) atoms. The Morgan fingerprint density at radius 3 is 2.56 bits per heavy atom. The number of nitrogens with zero attached hydrogens (tertiary/aromatic N) is 2. The van der Waals surface area contributed by atoms with E-state index >= 15 is 0 Å². The van der Waals surface area contributed by atoms with Gasteiger partial charge in [-0.15, -0.1) is 0 Å². The Morgan fingerprint density at radius 2 is 1.72 bits per heavy atom. The monoisotopic (exact) mass is 532 g/mol. The van der Waals surface area contributed by atoms with Gasteiger partial charge in [0, 0.05) is 21.4 Å². The van der Waals surface area contributed by atoms with Crippen molar-refractivity contribution in [2.24, 2.45) is 5.92 Å². The summed E-state index contributed by atoms with van der Waals surface area (Å²) in [7, 11) is 0. The van der Waals surface area contributed by atoms with Crippen LogP contribution < -0.4 is 4.90 Å². The number of carbonyl (C=O) groups is 2. The first-order valence-electron chi connectivity index (χ1n) is 10.9. The third-order valence-electron chi connectivity index (χ3n) is 6.80. The van der Waals surface area contributed by atoms with Crippen LogP contribution in [0.4, 0.5) is 5.69 Å². The van der Waals surface area contributed by atoms with Gasteiger partial charge in [0.2, 0.25) is 5.91 Å². The number of hydrogen-bond acceptors (Lipinski definition) is 3. The summed E-state index contributed by atoms with van der Waals surface area (Å²) < 4.78 is 1.15. The molecule has 2 unspecified atom stereocenters. The van der Waals surface area contributed by atoms with Crippen LogP contribution in [0, 0.1) is 9.49 Å². The van der Waals surface area contributed by atoms with E-state index in [4.69, 9.17) is 0 Å². The zero-order chi connectivity index (χ0) is 21.8. The minimum Gasteiger partial charge on any atom is -0.362 e. The maximum absolute atomic E-state index is 13.8. The molecule has 0 aromatic heterocycles. The lowest BCUT2D eigenvalue weighted by molar-refractivity contribution is -0.140. The van der Waals surface area contributed by atoms with E-state index in [2.05, 4.69) is 63.9 Å². The number of amides is 2. The number of imide groups is 1. The summed E-state index contributed by atoms with van der Waals surface area (Å²) >= 11 is 2.33. The molecule has 3 aromatic carbocycles. The molecule has 1 saturated heterocycles. The molecule has 3 heterocycles. The van der Waals surface area contributed by atoms with Gasteiger partial charge in [0.05, 0.1) is 18.5 Å². The van der Waals surface area contributed by atoms with Crippen LogP contribution in [0.3, 0.4) is 0 Å². The summed E-state index contributed by atoms with van der Waals surface area (Å²) in [5.41, 5.74) is 6.11. The number of halogens is 1. The standard InChI is InChI=1S/C27H21IN2O2/c28-20-11-10-19-14-22-24(27(32)30(26(22)31)16-17-6-2-1-3-7-17)25-21-9-5-4-8-18(21)12-13-29(25)23(19)15-20/h1-11,14-15,24-25H,12-13,16H2. The van der Waals surface area contributed by atoms with Crippen molar-refractivity contribution in [1.82, 2.24) is 4.90 Å². The van der Waals surface area contributed by atoms with E-state index in [0.29, 0.717) is 12.1 Å². The largest absolute Gasteiger partial charge is 0.362 e. The molecule has 0 N–H and O–H groups in total. The molecular weight excluding hydrogens is 511 g/mol. The summed E-state index contributed by atoms with van der Waals surface area (Å²) in [6.45, 7) is 1.13. The van der Waals surface area contributed by atoms with Gasteiger partial charge >= 0.3 is 0 Å². The van der Waals surface area contributed by atoms with Crippen molar-refractivity contribution >= 4 is 46.2 Å². The first-order valence-corrected chi connectivity index (χ1v) is 11.9. The van der Waals surface area contributed by atoms with Crippen molar-refractivity contribution in [2.75, 3.05) is 11.4 Å². The first kappa shape index (κ1) is 19.7. The molecule has 2 amide bonds. The molecule has 0 spiro atoms. The fourth-order valence-electron chi connectivity index (χ4n) is 5.35. The zero-order valence-corrected chi connectivity index (χ0v) is 19.5. The van der Waals surface area contributed by atoms with Crippen LogP contribution in [0.5, 0.6) is 0 Å². The van der Waals surface area contributed by atoms with Crippen LogP contribution in [0.25, 0.3) is 6.08 Å². The lowest BCUT2D eigenvalue weighted by Gasteiger charge is -2.41. The third kappa shape index (κ3) is 3.02. The van der Waals surface area contributed by atoms with E-state index in [0.717, 1.165) is 38.9 Å². The van der Waals surface area contributed by atoms with Crippen LogP contribution in [0.2, 0.25) is 0 Å². The van der Waals surface area contributed by atoms with Crippen molar-refractivity contribution < 1.29 is 9.59 Å². The van der Waals surface area contributed by atoms with Crippen LogP contribution in [-0.2, 0) is 22.6 Å². The van der Waals surface area contributed by atoms with Crippen LogP contribution in [0.15, 0.2) is 78.4 Å². The van der Waals surface area contributed by atoms with Crippen molar-refractivity contribution in [3.05, 3.63) is 104 Å². The van der Waals surface area contributed by atoms with Gasteiger partial charge in [0.25, 0.3) is 5.91 Å². The van der Waals surface area contributed by atoms with Gasteiger partial charge in [-0.3, -0.25) is 14.5 Å². The molecule has 0 aliphatic carbocycles. The Kier molecular flexibility index (Phi) is 4.68. The number of carbonyl (C=O) groups excluding carboxylic acids is 2. The summed E-state index contributed by atoms with van der Waals surface area (Å²) in [5.74, 6) is -0.768. The first-order chi connectivity index (χ1) is 15.6. The number of rotatable bonds is 2. The second kappa shape index (κ2) is 7.59. The highest BCUT2D eigenvalue weighted by Gasteiger charge is 2.51. The zero-order valence-electron chi connectivity index (χ0n) is 17.4. The molecule has 4 nitrogen and oxygen atoms in total. The van der Waals surface area contributed by atoms with Gasteiger partial charge in [-0.2, -0.15) is 0 Å². The van der Waals surface area contributed by atoms with Crippen LogP contribution >= 0.6 is 22.6 Å². The molecule has 0 bridgehead atoms. The van der Waals surface area contributed by atoms with Crippen molar-refractivity contribution in [3.8, 4) is 0 Å². The lowest BCUT2D eigenvalue weighted by Crippen LogP contribution is -2.42. The van der Waals surface area contributed by atoms with Gasteiger partial charge in [-0.25, -0.2) is 0 Å². The Morgan fingerprint density at radius 1 is 0.938 bits per heavy atom. The molecule has 3 aliphatic heterocycles. The molecular formula is C27H21IN2O2. The summed E-state index contributed by atoms with van der Waals surface area (Å²) in [4.78, 5) is 31.2. The molecule has 0 saturated carbocycles. The third-order valence-corrected chi connectivity index (χ3v) is 7.47. The summed E-state index contributed by atoms with van der Waals surface area (Å²) in [5, 5.41) is 0. The molecule has 6 rings (SSSR count). The number of benzene rings is 3. The predicted molar refractivity (Wildman–Crippen MR) is 133 cm³/mol. The smallest absolute Gasteiger partial charge is 0.257 e. The number of likely N-dealkylation sites (tertiary alicyclic amines) is 1. The average molecular weight is 532 g/mol. The second-order valence-corrected chi connectivity index (χ2v) is 9.83. The number of fused-ring (bicyclic) bond motifs is 7. The highest BCUT2D eigenvalue weighted by Crippen LogP contribution is 2.49. The number of anilines is 1. The maximum Gasteiger partial charge on any atom is 0.257 e. The summed E-state index contributed by atoms with van der Waals surface area (Å²) in [6.07, 6.45) is 2.89. The van der Waals surface area contributed by atoms with E-state index in [1.165, 1.54) is 10.5 Å². The van der Waals surface area contributed by atoms with Gasteiger partial charge in [-0.1, -0.05) is 60.7 Å². The fourth-order valence-corrected chi connectivity index (χ4v) is 5.82. The Labute approximate surface area is 200 Å². The molecule has 1 fully saturated rings. The van der Waals surface area contributed by atoms with Gasteiger partial charge < -0.3 is 4.90 Å². The lowest BCUT2D eigenvalue weighted by atomic mass is 9.82. The molecule has 3 aromatic rings. The topological polar surface area (TPSA) is 40.6 Å². The Balaban J connectivity index is 1.53. The summed E-state index contributed by atoms with van der Waals surface area (Å²) in [6, 6.07) is 24.2. The van der Waals surface area contributed by atoms with Crippen molar-refractivity contribution in [2.45, 2.75) is 19.0 Å². The van der Waals surface area contributed by atoms with Crippen molar-refractivity contribution in [3.63, 3.8) is 0 Å². The minimum absolute atomic E-state index is 0.0979. The minimum atomic E-state index is -0.502. The Hall–Kier alpha value is -2.93. The van der Waals surface area contributed by atoms with E-state index < -0.39 is 5.92 Å². The van der Waals surface area contributed by atoms with E-state index in [1.54, 1.807) is 0 Å². The molecule has 2 atom stereocenters. The molecule has 3 aliphatic rings. The Bertz CT molecular complexity index is 1280. The molecule has 0 radical (unpaired) electrons. The SMILES string of the molecule is O=C1C2=Cc3ccc(I)cc3N3CCc4ccccc4C3C2C(=O)N1Cc1ccccc1. The fraction of sp³-hybridized carbons (Fsp3) is 0.185. The average Bonchev–Trinajstić information content (AvgIpc) is 2.95. The van der Waals surface area contributed by atoms with Crippen LogP contribution in [0.1, 0.15) is 28.3 Å². The predicted octanol–water partition coefficient (Wildman–Crippen LogP) is 4.98. The highest BCUT2D eigenvalue weighted by atomic mass is 127. The second-order valence-electron chi connectivity index (χ2n) is 8.58. The number of hydrogen-bond donors (Lipinski definition) is 0. The normalized spacial score (nSPS) is 21.3. The van der Waals surface area contributed by atoms with E-state index in [9.17, 15) is 9.59 Å². The van der Waals surface area contributed by atoms with Gasteiger partial charge in [-0.05, 0) is 69.5 Å². The van der Waals surface area contributed by atoms with E-state index in [1.807, 2.05) is 42.5 Å². The highest BCUT2D eigenvalue weighted by molar-refractivity contribution is 14.1. The van der Waals surface area contributed by atoms with Crippen molar-refractivity contribution in [1.29, 1.82) is 0 Å². The maximum atomic E-state index is 13.8. The van der Waals surface area contributed by atoms with Gasteiger partial charge in [0.1, 0.15) is 0 Å². The molecule has 158 valence electrons. The van der Waals surface area contributed by atoms with E-state index in [-0.39, 0.29) is 17.9 Å². The molecule has 5 heteroatoms.